The van der Waals surface area contributed by atoms with Gasteiger partial charge in [0.15, 0.2) is 0 Å². The molecule has 2 aliphatic rings. The van der Waals surface area contributed by atoms with Crippen molar-refractivity contribution in [2.45, 2.75) is 38.0 Å². The lowest BCUT2D eigenvalue weighted by Gasteiger charge is -2.13. The van der Waals surface area contributed by atoms with E-state index >= 15 is 0 Å². The standard InChI is InChI=1S/C11H18ClNO/c1-2-10(12)6-13-11(14)9-4-7-3-8(7)5-9/h7-10H,2-6H2,1H3,(H,13,14). The highest BCUT2D eigenvalue weighted by Gasteiger charge is 2.47. The van der Waals surface area contributed by atoms with Crippen LogP contribution in [0.3, 0.4) is 0 Å². The topological polar surface area (TPSA) is 29.1 Å². The molecule has 0 heterocycles. The first-order valence-corrected chi connectivity index (χ1v) is 6.06. The summed E-state index contributed by atoms with van der Waals surface area (Å²) < 4.78 is 0. The Kier molecular flexibility index (Phi) is 3.01. The maximum Gasteiger partial charge on any atom is 0.223 e. The Morgan fingerprint density at radius 3 is 2.64 bits per heavy atom. The van der Waals surface area contributed by atoms with E-state index in [1.165, 1.54) is 6.42 Å². The first-order valence-electron chi connectivity index (χ1n) is 5.62. The van der Waals surface area contributed by atoms with Gasteiger partial charge in [-0.15, -0.1) is 11.6 Å². The second-order valence-electron chi connectivity index (χ2n) is 4.67. The van der Waals surface area contributed by atoms with Gasteiger partial charge in [0.2, 0.25) is 5.91 Å². The average Bonchev–Trinajstić information content (AvgIpc) is 2.81. The van der Waals surface area contributed by atoms with E-state index in [0.29, 0.717) is 12.5 Å². The summed E-state index contributed by atoms with van der Waals surface area (Å²) in [4.78, 5) is 11.7. The summed E-state index contributed by atoms with van der Waals surface area (Å²) in [6.07, 6.45) is 4.53. The van der Waals surface area contributed by atoms with Crippen LogP contribution in [0, 0.1) is 17.8 Å². The zero-order valence-corrected chi connectivity index (χ0v) is 9.39. The van der Waals surface area contributed by atoms with E-state index in [2.05, 4.69) is 5.32 Å². The Bertz CT molecular complexity index is 221. The maximum absolute atomic E-state index is 11.7. The minimum Gasteiger partial charge on any atom is -0.354 e. The summed E-state index contributed by atoms with van der Waals surface area (Å²) in [6.45, 7) is 2.66. The van der Waals surface area contributed by atoms with Gasteiger partial charge in [-0.05, 0) is 37.5 Å². The number of amides is 1. The normalized spacial score (nSPS) is 36.3. The summed E-state index contributed by atoms with van der Waals surface area (Å²) in [5.41, 5.74) is 0. The molecule has 0 aromatic carbocycles. The molecule has 2 saturated carbocycles. The number of carbonyl (C=O) groups is 1. The SMILES string of the molecule is CCC(Cl)CNC(=O)C1CC2CC2C1. The predicted molar refractivity (Wildman–Crippen MR) is 57.3 cm³/mol. The monoisotopic (exact) mass is 215 g/mol. The first kappa shape index (κ1) is 10.3. The molecule has 1 N–H and O–H groups in total. The second-order valence-corrected chi connectivity index (χ2v) is 5.29. The molecule has 0 aromatic heterocycles. The van der Waals surface area contributed by atoms with Crippen molar-refractivity contribution >= 4 is 17.5 Å². The molecule has 2 rings (SSSR count). The number of hydrogen-bond donors (Lipinski definition) is 1. The summed E-state index contributed by atoms with van der Waals surface area (Å²) in [7, 11) is 0. The van der Waals surface area contributed by atoms with Crippen LogP contribution in [0.2, 0.25) is 0 Å². The number of halogens is 1. The highest BCUT2D eigenvalue weighted by molar-refractivity contribution is 6.20. The molecule has 0 spiro atoms. The van der Waals surface area contributed by atoms with Crippen LogP contribution in [0.25, 0.3) is 0 Å². The number of rotatable bonds is 4. The van der Waals surface area contributed by atoms with Crippen molar-refractivity contribution in [2.24, 2.45) is 17.8 Å². The second kappa shape index (κ2) is 4.09. The van der Waals surface area contributed by atoms with Gasteiger partial charge >= 0.3 is 0 Å². The van der Waals surface area contributed by atoms with Crippen molar-refractivity contribution in [3.63, 3.8) is 0 Å². The lowest BCUT2D eigenvalue weighted by Crippen LogP contribution is -2.34. The van der Waals surface area contributed by atoms with E-state index in [0.717, 1.165) is 31.1 Å². The zero-order valence-electron chi connectivity index (χ0n) is 8.63. The van der Waals surface area contributed by atoms with E-state index in [-0.39, 0.29) is 11.3 Å². The summed E-state index contributed by atoms with van der Waals surface area (Å²) in [5.74, 6) is 2.28. The van der Waals surface area contributed by atoms with Gasteiger partial charge < -0.3 is 5.32 Å². The Labute approximate surface area is 90.4 Å². The molecule has 2 nitrogen and oxygen atoms in total. The van der Waals surface area contributed by atoms with Crippen LogP contribution in [0.1, 0.15) is 32.6 Å². The van der Waals surface area contributed by atoms with E-state index in [1.54, 1.807) is 0 Å². The lowest BCUT2D eigenvalue weighted by atomic mass is 10.0. The molecular formula is C11H18ClNO. The van der Waals surface area contributed by atoms with E-state index in [4.69, 9.17) is 11.6 Å². The van der Waals surface area contributed by atoms with Gasteiger partial charge in [-0.1, -0.05) is 6.92 Å². The van der Waals surface area contributed by atoms with Crippen LogP contribution < -0.4 is 5.32 Å². The predicted octanol–water partition coefficient (Wildman–Crippen LogP) is 2.17. The molecule has 0 bridgehead atoms. The highest BCUT2D eigenvalue weighted by Crippen LogP contribution is 2.54. The molecule has 14 heavy (non-hydrogen) atoms. The van der Waals surface area contributed by atoms with Crippen molar-refractivity contribution in [3.05, 3.63) is 0 Å². The summed E-state index contributed by atoms with van der Waals surface area (Å²) in [6, 6.07) is 0. The molecular weight excluding hydrogens is 198 g/mol. The van der Waals surface area contributed by atoms with Crippen molar-refractivity contribution in [1.82, 2.24) is 5.32 Å². The number of fused-ring (bicyclic) bond motifs is 1. The molecule has 3 heteroatoms. The quantitative estimate of drug-likeness (QED) is 0.716. The molecule has 0 aliphatic heterocycles. The minimum absolute atomic E-state index is 0.0925. The Morgan fingerprint density at radius 1 is 1.43 bits per heavy atom. The van der Waals surface area contributed by atoms with Gasteiger partial charge in [0.25, 0.3) is 0 Å². The maximum atomic E-state index is 11.7. The minimum atomic E-state index is 0.0925. The van der Waals surface area contributed by atoms with Crippen molar-refractivity contribution < 1.29 is 4.79 Å². The molecule has 0 saturated heterocycles. The molecule has 1 amide bonds. The number of hydrogen-bond acceptors (Lipinski definition) is 1. The third-order valence-electron chi connectivity index (χ3n) is 3.56. The third kappa shape index (κ3) is 2.22. The number of alkyl halides is 1. The molecule has 3 atom stereocenters. The number of carbonyl (C=O) groups excluding carboxylic acids is 1. The van der Waals surface area contributed by atoms with Gasteiger partial charge in [0, 0.05) is 12.5 Å². The molecule has 0 radical (unpaired) electrons. The molecule has 0 aromatic rings. The molecule has 2 fully saturated rings. The van der Waals surface area contributed by atoms with Gasteiger partial charge in [-0.2, -0.15) is 0 Å². The van der Waals surface area contributed by atoms with Gasteiger partial charge in [0.1, 0.15) is 0 Å². The van der Waals surface area contributed by atoms with Gasteiger partial charge in [0.05, 0.1) is 5.38 Å². The van der Waals surface area contributed by atoms with E-state index in [1.807, 2.05) is 6.92 Å². The van der Waals surface area contributed by atoms with Crippen LogP contribution in [-0.4, -0.2) is 17.8 Å². The third-order valence-corrected chi connectivity index (χ3v) is 4.02. The van der Waals surface area contributed by atoms with Crippen LogP contribution >= 0.6 is 11.6 Å². The van der Waals surface area contributed by atoms with Gasteiger partial charge in [-0.25, -0.2) is 0 Å². The highest BCUT2D eigenvalue weighted by atomic mass is 35.5. The van der Waals surface area contributed by atoms with Crippen LogP contribution in [0.15, 0.2) is 0 Å². The molecule has 2 aliphatic carbocycles. The Balaban J connectivity index is 1.68. The fourth-order valence-corrected chi connectivity index (χ4v) is 2.51. The van der Waals surface area contributed by atoms with Crippen molar-refractivity contribution in [2.75, 3.05) is 6.54 Å². The van der Waals surface area contributed by atoms with E-state index in [9.17, 15) is 4.79 Å². The van der Waals surface area contributed by atoms with Crippen molar-refractivity contribution in [1.29, 1.82) is 0 Å². The summed E-state index contributed by atoms with van der Waals surface area (Å²) >= 11 is 5.94. The Hall–Kier alpha value is -0.240. The van der Waals surface area contributed by atoms with Crippen LogP contribution in [0.5, 0.6) is 0 Å². The lowest BCUT2D eigenvalue weighted by molar-refractivity contribution is -0.125. The van der Waals surface area contributed by atoms with Crippen LogP contribution in [-0.2, 0) is 4.79 Å². The fraction of sp³-hybridized carbons (Fsp3) is 0.909. The van der Waals surface area contributed by atoms with Crippen molar-refractivity contribution in [3.8, 4) is 0 Å². The average molecular weight is 216 g/mol. The smallest absolute Gasteiger partial charge is 0.223 e. The number of nitrogens with one attached hydrogen (secondary N) is 1. The largest absolute Gasteiger partial charge is 0.354 e. The fourth-order valence-electron chi connectivity index (χ4n) is 2.43. The molecule has 80 valence electrons. The van der Waals surface area contributed by atoms with Gasteiger partial charge in [-0.3, -0.25) is 4.79 Å². The van der Waals surface area contributed by atoms with E-state index < -0.39 is 0 Å². The molecule has 3 unspecified atom stereocenters. The van der Waals surface area contributed by atoms with Crippen LogP contribution in [0.4, 0.5) is 0 Å². The zero-order chi connectivity index (χ0) is 10.1. The first-order chi connectivity index (χ1) is 6.70. The summed E-state index contributed by atoms with van der Waals surface area (Å²) in [5, 5.41) is 3.04. The Morgan fingerprint density at radius 2 is 2.07 bits per heavy atom.